The second-order valence-corrected chi connectivity index (χ2v) is 20.0. The van der Waals surface area contributed by atoms with Crippen molar-refractivity contribution in [2.45, 2.75) is 31.9 Å². The molecule has 4 heteroatoms. The smallest absolute Gasteiger partial charge is 0.152 e. The molecule has 1 unspecified atom stereocenters. The lowest BCUT2D eigenvalue weighted by molar-refractivity contribution is 0.476. The fraction of sp³-hybridized carbons (Fsp3) is 0.102. The van der Waals surface area contributed by atoms with E-state index in [2.05, 4.69) is 188 Å². The van der Waals surface area contributed by atoms with Gasteiger partial charge in [-0.3, -0.25) is 0 Å². The molecule has 4 aliphatic rings. The van der Waals surface area contributed by atoms with Crippen molar-refractivity contribution in [1.29, 1.82) is 0 Å². The van der Waals surface area contributed by atoms with Crippen LogP contribution in [0.4, 0.5) is 28.4 Å². The number of ether oxygens (including phenoxy) is 1. The van der Waals surface area contributed by atoms with Crippen molar-refractivity contribution in [2.75, 3.05) is 9.80 Å². The van der Waals surface area contributed by atoms with E-state index in [4.69, 9.17) is 4.74 Å². The van der Waals surface area contributed by atoms with Crippen LogP contribution in [0.2, 0.25) is 13.1 Å². The Bertz CT molecular complexity index is 2740. The van der Waals surface area contributed by atoms with Crippen LogP contribution in [0.3, 0.4) is 0 Å². The van der Waals surface area contributed by atoms with Crippen molar-refractivity contribution in [3.05, 3.63) is 181 Å². The van der Waals surface area contributed by atoms with E-state index in [1.54, 1.807) is 10.4 Å². The summed E-state index contributed by atoms with van der Waals surface area (Å²) in [6.45, 7) is 7.41. The third kappa shape index (κ3) is 4.33. The number of nitrogens with zero attached hydrogens (tertiary/aromatic N) is 2. The molecule has 3 heterocycles. The Morgan fingerprint density at radius 3 is 2.19 bits per heavy atom. The third-order valence-electron chi connectivity index (χ3n) is 12.2. The van der Waals surface area contributed by atoms with Crippen LogP contribution in [0, 0.1) is 0 Å². The highest BCUT2D eigenvalue weighted by atomic mass is 28.3. The standard InChI is InChI=1S/C49H38N2OSi/c1-49-31-34(32-22-25-43-45(29-32)52-44-19-11-10-18-42(44)50(43)36-13-5-4-6-14-36)23-26-48(49)51(41-17-9-8-16-40(41)49)37-24-21-33-30-47-39(28-35(33)27-37)38-15-7-12-20-46(38)53(47,2)3/h4-30H,31H2,1-3H3. The summed E-state index contributed by atoms with van der Waals surface area (Å²) in [5, 5.41) is 5.71. The van der Waals surface area contributed by atoms with Crippen molar-refractivity contribution in [3.63, 3.8) is 0 Å². The van der Waals surface area contributed by atoms with Crippen LogP contribution >= 0.6 is 0 Å². The zero-order valence-corrected chi connectivity index (χ0v) is 31.1. The number of hydrogen-bond acceptors (Lipinski definition) is 3. The highest BCUT2D eigenvalue weighted by Crippen LogP contribution is 2.57. The summed E-state index contributed by atoms with van der Waals surface area (Å²) in [5.41, 5.74) is 13.5. The number of allylic oxidation sites excluding steroid dienone is 4. The molecule has 0 spiro atoms. The van der Waals surface area contributed by atoms with Gasteiger partial charge in [-0.1, -0.05) is 110 Å². The molecule has 3 aliphatic heterocycles. The highest BCUT2D eigenvalue weighted by Gasteiger charge is 2.46. The molecule has 1 atom stereocenters. The quantitative estimate of drug-likeness (QED) is 0.171. The van der Waals surface area contributed by atoms with Gasteiger partial charge in [-0.25, -0.2) is 0 Å². The van der Waals surface area contributed by atoms with Crippen LogP contribution in [0.5, 0.6) is 11.5 Å². The second-order valence-electron chi connectivity index (χ2n) is 15.6. The maximum Gasteiger partial charge on any atom is 0.152 e. The summed E-state index contributed by atoms with van der Waals surface area (Å²) < 4.78 is 6.61. The van der Waals surface area contributed by atoms with Crippen molar-refractivity contribution in [2.24, 2.45) is 0 Å². The van der Waals surface area contributed by atoms with Gasteiger partial charge in [-0.15, -0.1) is 0 Å². The van der Waals surface area contributed by atoms with Crippen LogP contribution in [0.1, 0.15) is 24.5 Å². The predicted molar refractivity (Wildman–Crippen MR) is 224 cm³/mol. The predicted octanol–water partition coefficient (Wildman–Crippen LogP) is 12.0. The number of rotatable bonds is 3. The maximum atomic E-state index is 6.61. The highest BCUT2D eigenvalue weighted by molar-refractivity contribution is 7.04. The Hall–Kier alpha value is -6.10. The molecule has 0 saturated heterocycles. The third-order valence-corrected chi connectivity index (χ3v) is 15.8. The zero-order valence-electron chi connectivity index (χ0n) is 30.1. The molecule has 0 fully saturated rings. The topological polar surface area (TPSA) is 15.7 Å². The molecule has 0 N–H and O–H groups in total. The molecule has 0 aromatic heterocycles. The first-order valence-corrected chi connectivity index (χ1v) is 21.6. The zero-order chi connectivity index (χ0) is 35.5. The van der Waals surface area contributed by atoms with Crippen molar-refractivity contribution < 1.29 is 4.74 Å². The van der Waals surface area contributed by atoms with Gasteiger partial charge in [0.1, 0.15) is 8.07 Å². The molecular weight excluding hydrogens is 661 g/mol. The minimum Gasteiger partial charge on any atom is -0.453 e. The largest absolute Gasteiger partial charge is 0.453 e. The van der Waals surface area contributed by atoms with Gasteiger partial charge in [-0.05, 0) is 129 Å². The van der Waals surface area contributed by atoms with Gasteiger partial charge in [0.2, 0.25) is 0 Å². The molecule has 53 heavy (non-hydrogen) atoms. The van der Waals surface area contributed by atoms with Gasteiger partial charge >= 0.3 is 0 Å². The van der Waals surface area contributed by atoms with Crippen molar-refractivity contribution in [1.82, 2.24) is 0 Å². The van der Waals surface area contributed by atoms with Gasteiger partial charge in [0.25, 0.3) is 0 Å². The monoisotopic (exact) mass is 698 g/mol. The van der Waals surface area contributed by atoms with E-state index in [-0.39, 0.29) is 5.41 Å². The summed E-state index contributed by atoms with van der Waals surface area (Å²) in [5.74, 6) is 1.74. The van der Waals surface area contributed by atoms with E-state index in [0.717, 1.165) is 35.0 Å². The van der Waals surface area contributed by atoms with E-state index in [1.165, 1.54) is 55.7 Å². The SMILES string of the molecule is CC12CC(c3ccc4c(c3)Oc3ccccc3N4c3ccccc3)=CC=C1N(c1ccc3cc4c(cc3c1)-c1ccccc1[Si]4(C)C)c1ccccc12. The molecule has 0 bridgehead atoms. The molecule has 11 rings (SSSR count). The summed E-state index contributed by atoms with van der Waals surface area (Å²) in [6, 6.07) is 55.6. The molecule has 0 amide bonds. The second kappa shape index (κ2) is 11.0. The normalized spacial score (nSPS) is 18.5. The van der Waals surface area contributed by atoms with Crippen LogP contribution in [0.15, 0.2) is 170 Å². The molecule has 0 saturated carbocycles. The van der Waals surface area contributed by atoms with E-state index in [0.29, 0.717) is 0 Å². The van der Waals surface area contributed by atoms with Gasteiger partial charge in [-0.2, -0.15) is 0 Å². The summed E-state index contributed by atoms with van der Waals surface area (Å²) in [6.07, 6.45) is 5.59. The number of hydrogen-bond donors (Lipinski definition) is 0. The van der Waals surface area contributed by atoms with Crippen LogP contribution < -0.4 is 24.9 Å². The molecule has 0 radical (unpaired) electrons. The van der Waals surface area contributed by atoms with Gasteiger partial charge in [0, 0.05) is 28.2 Å². The molecule has 254 valence electrons. The molecule has 7 aromatic carbocycles. The van der Waals surface area contributed by atoms with Crippen LogP contribution in [-0.4, -0.2) is 8.07 Å². The molecule has 3 nitrogen and oxygen atoms in total. The Morgan fingerprint density at radius 2 is 1.30 bits per heavy atom. The first-order valence-electron chi connectivity index (χ1n) is 18.6. The van der Waals surface area contributed by atoms with Gasteiger partial charge in [0.05, 0.1) is 11.4 Å². The minimum absolute atomic E-state index is 0.193. The lowest BCUT2D eigenvalue weighted by atomic mass is 9.72. The summed E-state index contributed by atoms with van der Waals surface area (Å²) in [4.78, 5) is 4.81. The summed E-state index contributed by atoms with van der Waals surface area (Å²) in [7, 11) is -1.73. The average molecular weight is 699 g/mol. The van der Waals surface area contributed by atoms with Crippen LogP contribution in [-0.2, 0) is 5.41 Å². The van der Waals surface area contributed by atoms with Gasteiger partial charge < -0.3 is 14.5 Å². The molecular formula is C49H38N2OSi. The fourth-order valence-corrected chi connectivity index (χ4v) is 12.7. The van der Waals surface area contributed by atoms with E-state index in [9.17, 15) is 0 Å². The Balaban J connectivity index is 1.00. The van der Waals surface area contributed by atoms with E-state index < -0.39 is 8.07 Å². The Labute approximate surface area is 311 Å². The lowest BCUT2D eigenvalue weighted by Gasteiger charge is -2.35. The first kappa shape index (κ1) is 30.5. The van der Waals surface area contributed by atoms with Crippen LogP contribution in [0.25, 0.3) is 27.5 Å². The number of fused-ring (bicyclic) bond motifs is 9. The van der Waals surface area contributed by atoms with E-state index >= 15 is 0 Å². The minimum atomic E-state index is -1.73. The first-order chi connectivity index (χ1) is 25.9. The van der Waals surface area contributed by atoms with Crippen molar-refractivity contribution >= 4 is 63.2 Å². The number of benzene rings is 7. The molecule has 7 aromatic rings. The Morgan fingerprint density at radius 1 is 0.547 bits per heavy atom. The number of para-hydroxylation sites is 4. The number of anilines is 5. The maximum absolute atomic E-state index is 6.61. The molecule has 1 aliphatic carbocycles. The summed E-state index contributed by atoms with van der Waals surface area (Å²) >= 11 is 0. The van der Waals surface area contributed by atoms with E-state index in [1.807, 2.05) is 6.07 Å². The Kier molecular flexibility index (Phi) is 6.31. The fourth-order valence-electron chi connectivity index (χ4n) is 9.57. The van der Waals surface area contributed by atoms with Gasteiger partial charge in [0.15, 0.2) is 11.5 Å². The van der Waals surface area contributed by atoms with Crippen molar-refractivity contribution in [3.8, 4) is 22.6 Å². The lowest BCUT2D eigenvalue weighted by Crippen LogP contribution is -2.49. The average Bonchev–Trinajstić information content (AvgIpc) is 3.59.